The van der Waals surface area contributed by atoms with Gasteiger partial charge in [0.25, 0.3) is 0 Å². The largest absolute Gasteiger partial charge is 0.123 e. The van der Waals surface area contributed by atoms with Crippen molar-refractivity contribution >= 4 is 21.1 Å². The molecular formula is C8H19ClSi. The molecule has 0 nitrogen and oxygen atoms in total. The first-order valence-corrected chi connectivity index (χ1v) is 6.28. The summed E-state index contributed by atoms with van der Waals surface area (Å²) in [5.41, 5.74) is 1.77. The summed E-state index contributed by atoms with van der Waals surface area (Å²) in [4.78, 5) is 0. The van der Waals surface area contributed by atoms with Gasteiger partial charge in [-0.25, -0.2) is 0 Å². The van der Waals surface area contributed by atoms with E-state index in [0.29, 0.717) is 5.38 Å². The van der Waals surface area contributed by atoms with E-state index in [1.54, 1.807) is 0 Å². The Morgan fingerprint density at radius 1 is 1.30 bits per heavy atom. The topological polar surface area (TPSA) is 0 Å². The van der Waals surface area contributed by atoms with Crippen LogP contribution in [0.1, 0.15) is 34.1 Å². The van der Waals surface area contributed by atoms with Crippen molar-refractivity contribution in [3.63, 3.8) is 0 Å². The lowest BCUT2D eigenvalue weighted by Crippen LogP contribution is -2.13. The smallest absolute Gasteiger partial charge is 0.0307 e. The Labute approximate surface area is 72.2 Å². The van der Waals surface area contributed by atoms with Crippen molar-refractivity contribution in [3.05, 3.63) is 0 Å². The van der Waals surface area contributed by atoms with E-state index in [-0.39, 0.29) is 9.52 Å². The van der Waals surface area contributed by atoms with Crippen molar-refractivity contribution in [2.75, 3.05) is 0 Å². The molecule has 0 saturated carbocycles. The molecule has 0 aromatic heterocycles. The third kappa shape index (κ3) is 4.34. The zero-order valence-corrected chi connectivity index (χ0v) is 9.69. The number of rotatable bonds is 4. The van der Waals surface area contributed by atoms with Crippen LogP contribution in [-0.4, -0.2) is 14.9 Å². The molecule has 0 spiro atoms. The van der Waals surface area contributed by atoms with E-state index in [2.05, 4.69) is 27.7 Å². The fourth-order valence-electron chi connectivity index (χ4n) is 1.28. The standard InChI is InChI=1S/C8H19ClSi/c1-5-8(7(4)9)10-6(2)3/h6-8H,5,10H2,1-4H3. The van der Waals surface area contributed by atoms with Gasteiger partial charge in [0.1, 0.15) is 0 Å². The molecule has 0 aliphatic rings. The van der Waals surface area contributed by atoms with Gasteiger partial charge in [-0.15, -0.1) is 11.6 Å². The van der Waals surface area contributed by atoms with Crippen LogP contribution in [0.5, 0.6) is 0 Å². The van der Waals surface area contributed by atoms with E-state index in [4.69, 9.17) is 11.6 Å². The highest BCUT2D eigenvalue weighted by Crippen LogP contribution is 2.23. The zero-order chi connectivity index (χ0) is 8.15. The molecule has 2 heteroatoms. The molecule has 0 aromatic rings. The minimum Gasteiger partial charge on any atom is -0.123 e. The minimum absolute atomic E-state index is 0.0806. The van der Waals surface area contributed by atoms with Gasteiger partial charge in [0.05, 0.1) is 0 Å². The molecule has 0 aromatic carbocycles. The van der Waals surface area contributed by atoms with Gasteiger partial charge in [0, 0.05) is 14.9 Å². The van der Waals surface area contributed by atoms with Crippen molar-refractivity contribution in [3.8, 4) is 0 Å². The highest BCUT2D eigenvalue weighted by atomic mass is 35.5. The van der Waals surface area contributed by atoms with Crippen LogP contribution >= 0.6 is 11.6 Å². The second kappa shape index (κ2) is 5.20. The van der Waals surface area contributed by atoms with Crippen molar-refractivity contribution in [1.29, 1.82) is 0 Å². The Kier molecular flexibility index (Phi) is 5.46. The van der Waals surface area contributed by atoms with Crippen LogP contribution in [0.2, 0.25) is 11.1 Å². The normalized spacial score (nSPS) is 18.6. The first-order chi connectivity index (χ1) is 4.57. The van der Waals surface area contributed by atoms with Crippen molar-refractivity contribution in [2.24, 2.45) is 0 Å². The van der Waals surface area contributed by atoms with Crippen LogP contribution in [0.4, 0.5) is 0 Å². The molecular weight excluding hydrogens is 160 g/mol. The summed E-state index contributed by atoms with van der Waals surface area (Å²) in [6, 6.07) is 0. The Bertz CT molecular complexity index is 81.3. The van der Waals surface area contributed by atoms with Crippen molar-refractivity contribution < 1.29 is 0 Å². The van der Waals surface area contributed by atoms with Crippen LogP contribution in [0.15, 0.2) is 0 Å². The van der Waals surface area contributed by atoms with Gasteiger partial charge in [-0.1, -0.05) is 32.7 Å². The minimum atomic E-state index is 0.0806. The second-order valence-electron chi connectivity index (χ2n) is 3.48. The molecule has 62 valence electrons. The van der Waals surface area contributed by atoms with Crippen LogP contribution < -0.4 is 0 Å². The molecule has 0 aliphatic heterocycles. The van der Waals surface area contributed by atoms with Gasteiger partial charge in [0.2, 0.25) is 0 Å². The molecule has 2 atom stereocenters. The maximum atomic E-state index is 6.02. The van der Waals surface area contributed by atoms with Crippen LogP contribution in [-0.2, 0) is 0 Å². The van der Waals surface area contributed by atoms with Crippen LogP contribution in [0.3, 0.4) is 0 Å². The fraction of sp³-hybridized carbons (Fsp3) is 1.00. The summed E-state index contributed by atoms with van der Waals surface area (Å²) in [5.74, 6) is 0. The average molecular weight is 179 g/mol. The summed E-state index contributed by atoms with van der Waals surface area (Å²) < 4.78 is 0. The monoisotopic (exact) mass is 178 g/mol. The quantitative estimate of drug-likeness (QED) is 0.459. The SMILES string of the molecule is CCC([SiH2]C(C)C)C(C)Cl. The summed E-state index contributed by atoms with van der Waals surface area (Å²) in [6.45, 7) is 9.01. The van der Waals surface area contributed by atoms with Gasteiger partial charge in [-0.3, -0.25) is 0 Å². The average Bonchev–Trinajstić information content (AvgIpc) is 1.81. The Morgan fingerprint density at radius 3 is 1.90 bits per heavy atom. The number of hydrogen-bond acceptors (Lipinski definition) is 0. The van der Waals surface area contributed by atoms with Gasteiger partial charge in [-0.2, -0.15) is 0 Å². The van der Waals surface area contributed by atoms with Gasteiger partial charge >= 0.3 is 0 Å². The fourth-order valence-corrected chi connectivity index (χ4v) is 3.69. The second-order valence-corrected chi connectivity index (χ2v) is 7.32. The third-order valence-corrected chi connectivity index (χ3v) is 5.44. The Morgan fingerprint density at radius 2 is 1.80 bits per heavy atom. The molecule has 2 unspecified atom stereocenters. The van der Waals surface area contributed by atoms with Gasteiger partial charge in [0.15, 0.2) is 0 Å². The number of alkyl halides is 1. The lowest BCUT2D eigenvalue weighted by atomic mass is 10.2. The molecule has 0 aliphatic carbocycles. The number of hydrogen-bond donors (Lipinski definition) is 0. The van der Waals surface area contributed by atoms with E-state index < -0.39 is 0 Å². The molecule has 0 rings (SSSR count). The molecule has 0 saturated heterocycles. The number of halogens is 1. The van der Waals surface area contributed by atoms with E-state index in [0.717, 1.165) is 11.1 Å². The maximum Gasteiger partial charge on any atom is 0.0307 e. The molecule has 10 heavy (non-hydrogen) atoms. The predicted molar refractivity (Wildman–Crippen MR) is 53.0 cm³/mol. The first-order valence-electron chi connectivity index (χ1n) is 4.22. The van der Waals surface area contributed by atoms with Crippen molar-refractivity contribution in [1.82, 2.24) is 0 Å². The van der Waals surface area contributed by atoms with E-state index >= 15 is 0 Å². The van der Waals surface area contributed by atoms with Crippen molar-refractivity contribution in [2.45, 2.75) is 50.6 Å². The molecule has 0 radical (unpaired) electrons. The lowest BCUT2D eigenvalue weighted by Gasteiger charge is -2.18. The van der Waals surface area contributed by atoms with Gasteiger partial charge in [-0.05, 0) is 12.5 Å². The Hall–Kier alpha value is 0.507. The summed E-state index contributed by atoms with van der Waals surface area (Å²) in [7, 11) is 0.0806. The summed E-state index contributed by atoms with van der Waals surface area (Å²) in [6.07, 6.45) is 1.27. The van der Waals surface area contributed by atoms with E-state index in [1.807, 2.05) is 0 Å². The van der Waals surface area contributed by atoms with Crippen LogP contribution in [0.25, 0.3) is 0 Å². The molecule has 0 fully saturated rings. The van der Waals surface area contributed by atoms with E-state index in [1.165, 1.54) is 6.42 Å². The summed E-state index contributed by atoms with van der Waals surface area (Å²) in [5, 5.41) is 0.402. The first kappa shape index (κ1) is 10.5. The summed E-state index contributed by atoms with van der Waals surface area (Å²) >= 11 is 6.02. The lowest BCUT2D eigenvalue weighted by molar-refractivity contribution is 0.753. The zero-order valence-electron chi connectivity index (χ0n) is 7.52. The molecule has 0 bridgehead atoms. The van der Waals surface area contributed by atoms with E-state index in [9.17, 15) is 0 Å². The van der Waals surface area contributed by atoms with Gasteiger partial charge < -0.3 is 0 Å². The third-order valence-electron chi connectivity index (χ3n) is 1.95. The predicted octanol–water partition coefficient (Wildman–Crippen LogP) is 2.81. The highest BCUT2D eigenvalue weighted by molar-refractivity contribution is 6.42. The Balaban J connectivity index is 3.60. The van der Waals surface area contributed by atoms with Crippen LogP contribution in [0, 0.1) is 0 Å². The molecule has 0 amide bonds. The molecule has 0 N–H and O–H groups in total. The maximum absolute atomic E-state index is 6.02. The molecule has 0 heterocycles. The highest BCUT2D eigenvalue weighted by Gasteiger charge is 2.14.